The molecule has 0 saturated carbocycles. The highest BCUT2D eigenvalue weighted by Gasteiger charge is 2.17. The highest BCUT2D eigenvalue weighted by molar-refractivity contribution is 14.1. The molecule has 7 heteroatoms. The number of anilines is 1. The maximum atomic E-state index is 6.22. The fraction of sp³-hybridized carbons (Fsp3) is 0.357. The molecule has 2 heterocycles. The average Bonchev–Trinajstić information content (AvgIpc) is 2.41. The Morgan fingerprint density at radius 1 is 1.29 bits per heavy atom. The zero-order valence-electron chi connectivity index (χ0n) is 11.9. The van der Waals surface area contributed by atoms with Crippen LogP contribution in [-0.2, 0) is 0 Å². The maximum Gasteiger partial charge on any atom is 0.182 e. The van der Waals surface area contributed by atoms with Gasteiger partial charge in [-0.15, -0.1) is 0 Å². The van der Waals surface area contributed by atoms with Crippen LogP contribution in [0.2, 0.25) is 10.0 Å². The van der Waals surface area contributed by atoms with Crippen molar-refractivity contribution in [1.29, 1.82) is 0 Å². The van der Waals surface area contributed by atoms with Gasteiger partial charge >= 0.3 is 0 Å². The molecule has 0 spiro atoms. The number of pyridine rings is 1. The molecule has 0 radical (unpaired) electrons. The number of nitrogens with one attached hydrogen (secondary N) is 1. The first-order valence-corrected chi connectivity index (χ1v) is 8.40. The molecule has 2 aromatic rings. The van der Waals surface area contributed by atoms with Gasteiger partial charge in [-0.2, -0.15) is 0 Å². The van der Waals surface area contributed by atoms with Crippen LogP contribution in [-0.4, -0.2) is 21.5 Å². The normalized spacial score (nSPS) is 11.0. The molecule has 0 unspecified atom stereocenters. The van der Waals surface area contributed by atoms with Crippen molar-refractivity contribution in [2.45, 2.75) is 26.7 Å². The quantitative estimate of drug-likeness (QED) is 0.684. The third kappa shape index (κ3) is 3.76. The van der Waals surface area contributed by atoms with Crippen molar-refractivity contribution in [1.82, 2.24) is 15.0 Å². The predicted molar refractivity (Wildman–Crippen MR) is 96.3 cm³/mol. The van der Waals surface area contributed by atoms with E-state index in [0.717, 1.165) is 21.6 Å². The zero-order chi connectivity index (χ0) is 15.6. The molecule has 2 aromatic heterocycles. The van der Waals surface area contributed by atoms with E-state index in [2.05, 4.69) is 56.7 Å². The van der Waals surface area contributed by atoms with Gasteiger partial charge in [0.25, 0.3) is 0 Å². The van der Waals surface area contributed by atoms with Gasteiger partial charge < -0.3 is 5.32 Å². The van der Waals surface area contributed by atoms with E-state index in [1.807, 2.05) is 6.92 Å². The molecule has 21 heavy (non-hydrogen) atoms. The summed E-state index contributed by atoms with van der Waals surface area (Å²) in [5.74, 6) is 1.60. The molecule has 0 fully saturated rings. The minimum absolute atomic E-state index is 0.280. The third-order valence-electron chi connectivity index (χ3n) is 2.79. The summed E-state index contributed by atoms with van der Waals surface area (Å²) < 4.78 is 1.03. The Balaban J connectivity index is 2.62. The predicted octanol–water partition coefficient (Wildman–Crippen LogP) is 5.01. The van der Waals surface area contributed by atoms with E-state index < -0.39 is 0 Å². The van der Waals surface area contributed by atoms with Gasteiger partial charge in [-0.25, -0.2) is 15.0 Å². The lowest BCUT2D eigenvalue weighted by Crippen LogP contribution is -2.09. The van der Waals surface area contributed by atoms with Gasteiger partial charge in [0.05, 0.1) is 19.3 Å². The molecule has 0 aromatic carbocycles. The van der Waals surface area contributed by atoms with Crippen LogP contribution < -0.4 is 5.32 Å². The van der Waals surface area contributed by atoms with Crippen molar-refractivity contribution in [2.24, 2.45) is 0 Å². The summed E-state index contributed by atoms with van der Waals surface area (Å²) >= 11 is 14.4. The Kier molecular flexibility index (Phi) is 5.62. The second-order valence-corrected chi connectivity index (χ2v) is 6.69. The van der Waals surface area contributed by atoms with E-state index in [1.54, 1.807) is 12.3 Å². The Hall–Kier alpha value is -0.660. The van der Waals surface area contributed by atoms with Gasteiger partial charge in [-0.1, -0.05) is 37.0 Å². The summed E-state index contributed by atoms with van der Waals surface area (Å²) in [5, 5.41) is 4.19. The van der Waals surface area contributed by atoms with Crippen LogP contribution in [0.5, 0.6) is 0 Å². The Morgan fingerprint density at radius 3 is 2.57 bits per heavy atom. The van der Waals surface area contributed by atoms with Crippen molar-refractivity contribution >= 4 is 51.6 Å². The van der Waals surface area contributed by atoms with E-state index in [4.69, 9.17) is 23.2 Å². The smallest absolute Gasteiger partial charge is 0.182 e. The molecule has 0 saturated heterocycles. The maximum absolute atomic E-state index is 6.22. The molecule has 0 bridgehead atoms. The summed E-state index contributed by atoms with van der Waals surface area (Å²) in [6.07, 6.45) is 1.55. The fourth-order valence-corrected chi connectivity index (χ4v) is 3.34. The molecule has 112 valence electrons. The molecule has 1 N–H and O–H groups in total. The third-order valence-corrected chi connectivity index (χ3v) is 4.35. The Bertz CT molecular complexity index is 662. The molecule has 0 aliphatic carbocycles. The summed E-state index contributed by atoms with van der Waals surface area (Å²) in [6, 6.07) is 1.65. The summed E-state index contributed by atoms with van der Waals surface area (Å²) in [4.78, 5) is 13.4. The molecular formula is C14H15Cl2IN4. The Morgan fingerprint density at radius 2 is 2.00 bits per heavy atom. The summed E-state index contributed by atoms with van der Waals surface area (Å²) in [6.45, 7) is 7.01. The minimum Gasteiger partial charge on any atom is -0.369 e. The van der Waals surface area contributed by atoms with Crippen LogP contribution in [0.4, 0.5) is 5.82 Å². The van der Waals surface area contributed by atoms with Crippen LogP contribution in [0.25, 0.3) is 11.5 Å². The highest BCUT2D eigenvalue weighted by Crippen LogP contribution is 2.31. The first-order valence-electron chi connectivity index (χ1n) is 6.56. The lowest BCUT2D eigenvalue weighted by Gasteiger charge is -2.14. The fourth-order valence-electron chi connectivity index (χ4n) is 1.82. The van der Waals surface area contributed by atoms with E-state index in [9.17, 15) is 0 Å². The number of nitrogens with zero attached hydrogens (tertiary/aromatic N) is 3. The Labute approximate surface area is 147 Å². The van der Waals surface area contributed by atoms with Crippen molar-refractivity contribution in [2.75, 3.05) is 11.9 Å². The van der Waals surface area contributed by atoms with Crippen LogP contribution >= 0.6 is 45.8 Å². The van der Waals surface area contributed by atoms with Crippen LogP contribution in [0.1, 0.15) is 32.4 Å². The minimum atomic E-state index is 0.280. The molecular weight excluding hydrogens is 422 g/mol. The zero-order valence-corrected chi connectivity index (χ0v) is 15.6. The second-order valence-electron chi connectivity index (χ2n) is 4.76. The van der Waals surface area contributed by atoms with Crippen molar-refractivity contribution in [3.8, 4) is 11.5 Å². The van der Waals surface area contributed by atoms with E-state index in [1.165, 1.54) is 0 Å². The SMILES string of the molecule is CCNc1nc(-c2ncc(Cl)cc2Cl)nc(C(C)C)c1I. The lowest BCUT2D eigenvalue weighted by molar-refractivity contribution is 0.807. The number of rotatable bonds is 4. The molecule has 0 aliphatic heterocycles. The van der Waals surface area contributed by atoms with Gasteiger partial charge in [0.15, 0.2) is 5.82 Å². The molecule has 2 rings (SSSR count). The molecule has 0 amide bonds. The van der Waals surface area contributed by atoms with Crippen molar-refractivity contribution in [3.05, 3.63) is 31.6 Å². The lowest BCUT2D eigenvalue weighted by atomic mass is 10.1. The highest BCUT2D eigenvalue weighted by atomic mass is 127. The van der Waals surface area contributed by atoms with E-state index in [0.29, 0.717) is 21.6 Å². The summed E-state index contributed by atoms with van der Waals surface area (Å²) in [5.41, 5.74) is 1.52. The van der Waals surface area contributed by atoms with Crippen molar-refractivity contribution < 1.29 is 0 Å². The monoisotopic (exact) mass is 436 g/mol. The number of hydrogen-bond donors (Lipinski definition) is 1. The largest absolute Gasteiger partial charge is 0.369 e. The van der Waals surface area contributed by atoms with Crippen LogP contribution in [0, 0.1) is 3.57 Å². The van der Waals surface area contributed by atoms with Gasteiger partial charge in [0.2, 0.25) is 0 Å². The van der Waals surface area contributed by atoms with Crippen LogP contribution in [0.15, 0.2) is 12.3 Å². The first-order chi connectivity index (χ1) is 9.93. The standard InChI is InChI=1S/C14H15Cl2IN4/c1-4-18-13-10(17)11(7(2)3)20-14(21-13)12-9(16)5-8(15)6-19-12/h5-7H,4H2,1-3H3,(H,18,20,21). The number of halogens is 3. The van der Waals surface area contributed by atoms with Gasteiger partial charge in [0.1, 0.15) is 11.5 Å². The average molecular weight is 437 g/mol. The van der Waals surface area contributed by atoms with Crippen molar-refractivity contribution in [3.63, 3.8) is 0 Å². The van der Waals surface area contributed by atoms with Crippen LogP contribution in [0.3, 0.4) is 0 Å². The number of hydrogen-bond acceptors (Lipinski definition) is 4. The molecule has 0 aliphatic rings. The van der Waals surface area contributed by atoms with E-state index in [-0.39, 0.29) is 5.92 Å². The molecule has 0 atom stereocenters. The van der Waals surface area contributed by atoms with Gasteiger partial charge in [-0.05, 0) is 41.5 Å². The summed E-state index contributed by atoms with van der Waals surface area (Å²) in [7, 11) is 0. The second kappa shape index (κ2) is 7.07. The molecule has 4 nitrogen and oxygen atoms in total. The topological polar surface area (TPSA) is 50.7 Å². The van der Waals surface area contributed by atoms with Gasteiger partial charge in [-0.3, -0.25) is 0 Å². The van der Waals surface area contributed by atoms with E-state index >= 15 is 0 Å². The number of aromatic nitrogens is 3. The van der Waals surface area contributed by atoms with Gasteiger partial charge in [0, 0.05) is 12.7 Å². The first kappa shape index (κ1) is 16.7.